The lowest BCUT2D eigenvalue weighted by atomic mass is 9.97. The molecule has 0 spiro atoms. The van der Waals surface area contributed by atoms with Crippen LogP contribution in [0.3, 0.4) is 0 Å². The summed E-state index contributed by atoms with van der Waals surface area (Å²) >= 11 is 3.32. The van der Waals surface area contributed by atoms with E-state index < -0.39 is 6.10 Å². The van der Waals surface area contributed by atoms with Crippen molar-refractivity contribution in [1.29, 1.82) is 0 Å². The average molecular weight is 317 g/mol. The summed E-state index contributed by atoms with van der Waals surface area (Å²) in [6, 6.07) is 3.25. The molecule has 4 nitrogen and oxygen atoms in total. The van der Waals surface area contributed by atoms with Crippen molar-refractivity contribution in [3.05, 3.63) is 22.2 Å². The summed E-state index contributed by atoms with van der Waals surface area (Å²) in [4.78, 5) is 12.1. The number of ketones is 1. The van der Waals surface area contributed by atoms with Crippen LogP contribution in [0.5, 0.6) is 11.5 Å². The SMILES string of the molecule is COc1ccc(C(=O)C(O)C(C)C)c(OC)c1Br. The molecule has 1 aromatic rings. The van der Waals surface area contributed by atoms with E-state index in [-0.39, 0.29) is 11.7 Å². The highest BCUT2D eigenvalue weighted by Gasteiger charge is 2.25. The van der Waals surface area contributed by atoms with Crippen LogP contribution in [0.25, 0.3) is 0 Å². The Morgan fingerprint density at radius 2 is 1.89 bits per heavy atom. The van der Waals surface area contributed by atoms with Crippen molar-refractivity contribution in [2.75, 3.05) is 14.2 Å². The molecule has 0 amide bonds. The fourth-order valence-corrected chi connectivity index (χ4v) is 2.22. The monoisotopic (exact) mass is 316 g/mol. The number of ether oxygens (including phenoxy) is 2. The Balaban J connectivity index is 3.25. The minimum absolute atomic E-state index is 0.150. The summed E-state index contributed by atoms with van der Waals surface area (Å²) in [6.07, 6.45) is -1.04. The summed E-state index contributed by atoms with van der Waals surface area (Å²) in [5.41, 5.74) is 0.339. The van der Waals surface area contributed by atoms with Crippen molar-refractivity contribution >= 4 is 21.7 Å². The van der Waals surface area contributed by atoms with Crippen LogP contribution in [0.1, 0.15) is 24.2 Å². The second-order valence-corrected chi connectivity index (χ2v) is 5.01. The Morgan fingerprint density at radius 1 is 1.28 bits per heavy atom. The Kier molecular flexibility index (Phi) is 5.16. The maximum atomic E-state index is 12.1. The Hall–Kier alpha value is -1.07. The Labute approximate surface area is 115 Å². The first-order valence-electron chi connectivity index (χ1n) is 5.56. The number of hydrogen-bond acceptors (Lipinski definition) is 4. The first-order chi connectivity index (χ1) is 8.43. The first kappa shape index (κ1) is 15.0. The number of benzene rings is 1. The highest BCUT2D eigenvalue weighted by atomic mass is 79.9. The molecule has 100 valence electrons. The lowest BCUT2D eigenvalue weighted by Crippen LogP contribution is -2.26. The van der Waals surface area contributed by atoms with E-state index in [4.69, 9.17) is 9.47 Å². The summed E-state index contributed by atoms with van der Waals surface area (Å²) in [5.74, 6) is 0.440. The van der Waals surface area contributed by atoms with Crippen molar-refractivity contribution in [2.45, 2.75) is 20.0 Å². The lowest BCUT2D eigenvalue weighted by Gasteiger charge is -2.17. The number of halogens is 1. The Bertz CT molecular complexity index is 443. The van der Waals surface area contributed by atoms with Crippen LogP contribution in [0.2, 0.25) is 0 Å². The molecule has 1 rings (SSSR count). The highest BCUT2D eigenvalue weighted by Crippen LogP contribution is 2.37. The second-order valence-electron chi connectivity index (χ2n) is 4.22. The van der Waals surface area contributed by atoms with Gasteiger partial charge in [0.15, 0.2) is 5.78 Å². The van der Waals surface area contributed by atoms with Gasteiger partial charge in [-0.1, -0.05) is 13.8 Å². The Morgan fingerprint density at radius 3 is 2.33 bits per heavy atom. The number of aliphatic hydroxyl groups is 1. The van der Waals surface area contributed by atoms with E-state index in [1.165, 1.54) is 14.2 Å². The van der Waals surface area contributed by atoms with Crippen molar-refractivity contribution < 1.29 is 19.4 Å². The largest absolute Gasteiger partial charge is 0.495 e. The zero-order valence-electron chi connectivity index (χ0n) is 10.9. The molecule has 0 bridgehead atoms. The standard InChI is InChI=1S/C13H17BrO4/c1-7(2)11(15)12(16)8-5-6-9(17-3)10(14)13(8)18-4/h5-7,11,15H,1-4H3. The fourth-order valence-electron chi connectivity index (χ4n) is 1.55. The lowest BCUT2D eigenvalue weighted by molar-refractivity contribution is 0.0644. The maximum absolute atomic E-state index is 12.1. The van der Waals surface area contributed by atoms with Crippen molar-refractivity contribution in [2.24, 2.45) is 5.92 Å². The summed E-state index contributed by atoms with van der Waals surface area (Å²) in [5, 5.41) is 9.83. The molecule has 18 heavy (non-hydrogen) atoms. The number of hydrogen-bond donors (Lipinski definition) is 1. The minimum Gasteiger partial charge on any atom is -0.495 e. The van der Waals surface area contributed by atoms with E-state index in [0.29, 0.717) is 21.5 Å². The van der Waals surface area contributed by atoms with Crippen molar-refractivity contribution in [3.8, 4) is 11.5 Å². The summed E-state index contributed by atoms with van der Waals surface area (Å²) in [7, 11) is 3.00. The molecule has 1 N–H and O–H groups in total. The van der Waals surface area contributed by atoms with Crippen LogP contribution in [-0.4, -0.2) is 31.2 Å². The number of aliphatic hydroxyl groups excluding tert-OH is 1. The van der Waals surface area contributed by atoms with E-state index in [9.17, 15) is 9.90 Å². The van der Waals surface area contributed by atoms with Gasteiger partial charge in [-0.25, -0.2) is 0 Å². The van der Waals surface area contributed by atoms with E-state index in [2.05, 4.69) is 15.9 Å². The first-order valence-corrected chi connectivity index (χ1v) is 6.36. The van der Waals surface area contributed by atoms with Gasteiger partial charge in [-0.15, -0.1) is 0 Å². The number of methoxy groups -OCH3 is 2. The third kappa shape index (κ3) is 2.84. The van der Waals surface area contributed by atoms with Crippen molar-refractivity contribution in [3.63, 3.8) is 0 Å². The van der Waals surface area contributed by atoms with Gasteiger partial charge in [0.1, 0.15) is 22.1 Å². The van der Waals surface area contributed by atoms with Crippen LogP contribution in [0, 0.1) is 5.92 Å². The smallest absolute Gasteiger partial charge is 0.195 e. The minimum atomic E-state index is -1.04. The van der Waals surface area contributed by atoms with Gasteiger partial charge < -0.3 is 14.6 Å². The average Bonchev–Trinajstić information content (AvgIpc) is 2.36. The molecular weight excluding hydrogens is 300 g/mol. The third-order valence-corrected chi connectivity index (χ3v) is 3.40. The van der Waals surface area contributed by atoms with Gasteiger partial charge in [-0.2, -0.15) is 0 Å². The van der Waals surface area contributed by atoms with Crippen molar-refractivity contribution in [1.82, 2.24) is 0 Å². The molecule has 0 aromatic heterocycles. The number of rotatable bonds is 5. The number of carbonyl (C=O) groups is 1. The van der Waals surface area contributed by atoms with Crippen LogP contribution >= 0.6 is 15.9 Å². The van der Waals surface area contributed by atoms with E-state index in [1.54, 1.807) is 26.0 Å². The summed E-state index contributed by atoms with van der Waals surface area (Å²) < 4.78 is 10.9. The molecular formula is C13H17BrO4. The topological polar surface area (TPSA) is 55.8 Å². The van der Waals surface area contributed by atoms with Gasteiger partial charge >= 0.3 is 0 Å². The predicted molar refractivity (Wildman–Crippen MR) is 72.4 cm³/mol. The van der Waals surface area contributed by atoms with Gasteiger partial charge in [0.2, 0.25) is 0 Å². The van der Waals surface area contributed by atoms with Crippen LogP contribution in [-0.2, 0) is 0 Å². The number of Topliss-reactive ketones (excluding diaryl/α,β-unsaturated/α-hetero) is 1. The van der Waals surface area contributed by atoms with Gasteiger partial charge in [0.05, 0.1) is 19.8 Å². The molecule has 0 saturated carbocycles. The van der Waals surface area contributed by atoms with Gasteiger partial charge in [-0.05, 0) is 34.0 Å². The number of carbonyl (C=O) groups excluding carboxylic acids is 1. The normalized spacial score (nSPS) is 12.4. The van der Waals surface area contributed by atoms with Crippen LogP contribution < -0.4 is 9.47 Å². The molecule has 0 aliphatic carbocycles. The van der Waals surface area contributed by atoms with Crippen LogP contribution in [0.4, 0.5) is 0 Å². The molecule has 0 radical (unpaired) electrons. The van der Waals surface area contributed by atoms with E-state index in [1.807, 2.05) is 0 Å². The quantitative estimate of drug-likeness (QED) is 0.848. The highest BCUT2D eigenvalue weighted by molar-refractivity contribution is 9.10. The molecule has 0 fully saturated rings. The predicted octanol–water partition coefficient (Wildman–Crippen LogP) is 2.67. The summed E-state index contributed by atoms with van der Waals surface area (Å²) in [6.45, 7) is 3.57. The van der Waals surface area contributed by atoms with Gasteiger partial charge in [0.25, 0.3) is 0 Å². The molecule has 0 saturated heterocycles. The molecule has 1 aromatic carbocycles. The zero-order chi connectivity index (χ0) is 13.9. The molecule has 1 atom stereocenters. The zero-order valence-corrected chi connectivity index (χ0v) is 12.4. The second kappa shape index (κ2) is 6.20. The van der Waals surface area contributed by atoms with Gasteiger partial charge in [0, 0.05) is 0 Å². The molecule has 0 heterocycles. The van der Waals surface area contributed by atoms with Crippen LogP contribution in [0.15, 0.2) is 16.6 Å². The van der Waals surface area contributed by atoms with E-state index in [0.717, 1.165) is 0 Å². The third-order valence-electron chi connectivity index (χ3n) is 2.65. The fraction of sp³-hybridized carbons (Fsp3) is 0.462. The molecule has 1 unspecified atom stereocenters. The van der Waals surface area contributed by atoms with Gasteiger partial charge in [-0.3, -0.25) is 4.79 Å². The maximum Gasteiger partial charge on any atom is 0.195 e. The van der Waals surface area contributed by atoms with E-state index >= 15 is 0 Å². The molecule has 0 aliphatic rings. The molecule has 0 aliphatic heterocycles. The molecule has 5 heteroatoms.